The van der Waals surface area contributed by atoms with Gasteiger partial charge in [-0.3, -0.25) is 13.3 Å². The lowest BCUT2D eigenvalue weighted by Gasteiger charge is -2.20. The summed E-state index contributed by atoms with van der Waals surface area (Å²) < 4.78 is 79.0. The lowest BCUT2D eigenvalue weighted by Crippen LogP contribution is -2.26. The van der Waals surface area contributed by atoms with Crippen molar-refractivity contribution in [3.8, 4) is 17.1 Å². The van der Waals surface area contributed by atoms with Gasteiger partial charge in [0.05, 0.1) is 23.8 Å². The van der Waals surface area contributed by atoms with Crippen molar-refractivity contribution in [1.29, 1.82) is 0 Å². The van der Waals surface area contributed by atoms with Crippen LogP contribution < -0.4 is 14.4 Å². The number of rotatable bonds is 7. The smallest absolute Gasteiger partial charge is 0.264 e. The molecular formula is C22H23FN2O8S2. The van der Waals surface area contributed by atoms with E-state index in [0.717, 1.165) is 16.8 Å². The van der Waals surface area contributed by atoms with Gasteiger partial charge >= 0.3 is 0 Å². The van der Waals surface area contributed by atoms with Crippen LogP contribution in [0.25, 0.3) is 22.3 Å². The van der Waals surface area contributed by atoms with Crippen LogP contribution in [-0.2, 0) is 30.7 Å². The van der Waals surface area contributed by atoms with Gasteiger partial charge in [-0.25, -0.2) is 12.8 Å². The zero-order valence-electron chi connectivity index (χ0n) is 19.3. The van der Waals surface area contributed by atoms with Crippen molar-refractivity contribution < 1.29 is 39.4 Å². The number of fused-ring (bicyclic) bond motifs is 3. The number of halogens is 1. The van der Waals surface area contributed by atoms with Crippen molar-refractivity contribution in [2.24, 2.45) is 0 Å². The Morgan fingerprint density at radius 1 is 1.20 bits per heavy atom. The first-order valence-corrected chi connectivity index (χ1v) is 14.0. The molecule has 0 bridgehead atoms. The molecule has 3 aromatic rings. The Hall–Kier alpha value is -3.16. The highest BCUT2D eigenvalue weighted by Crippen LogP contribution is 2.47. The third-order valence-electron chi connectivity index (χ3n) is 5.59. The van der Waals surface area contributed by atoms with Gasteiger partial charge in [0.2, 0.25) is 10.0 Å². The van der Waals surface area contributed by atoms with Gasteiger partial charge in [-0.15, -0.1) is 0 Å². The molecular weight excluding hydrogens is 503 g/mol. The van der Waals surface area contributed by atoms with E-state index in [2.05, 4.69) is 5.32 Å². The van der Waals surface area contributed by atoms with Crippen LogP contribution in [0.15, 0.2) is 34.7 Å². The summed E-state index contributed by atoms with van der Waals surface area (Å²) in [4.78, 5) is 13.0. The summed E-state index contributed by atoms with van der Waals surface area (Å²) in [6, 6.07) is 6.82. The fourth-order valence-corrected chi connectivity index (χ4v) is 4.81. The van der Waals surface area contributed by atoms with Crippen LogP contribution in [0.3, 0.4) is 0 Å². The molecule has 4 rings (SSSR count). The average molecular weight is 527 g/mol. The largest absolute Gasteiger partial charge is 0.485 e. The van der Waals surface area contributed by atoms with E-state index >= 15 is 0 Å². The van der Waals surface area contributed by atoms with Gasteiger partial charge in [0.1, 0.15) is 35.6 Å². The topological polar surface area (TPSA) is 132 Å². The van der Waals surface area contributed by atoms with Crippen LogP contribution in [-0.4, -0.2) is 62.1 Å². The van der Waals surface area contributed by atoms with Crippen molar-refractivity contribution in [1.82, 2.24) is 5.32 Å². The quantitative estimate of drug-likeness (QED) is 0.464. The van der Waals surface area contributed by atoms with Crippen molar-refractivity contribution in [3.05, 3.63) is 47.3 Å². The summed E-state index contributed by atoms with van der Waals surface area (Å²) in [6.07, 6.45) is 1.29. The molecule has 2 aromatic carbocycles. The summed E-state index contributed by atoms with van der Waals surface area (Å²) in [7, 11) is -4.69. The van der Waals surface area contributed by atoms with E-state index < -0.39 is 38.0 Å². The van der Waals surface area contributed by atoms with E-state index in [9.17, 15) is 26.0 Å². The molecule has 1 amide bonds. The van der Waals surface area contributed by atoms with Gasteiger partial charge in [-0.2, -0.15) is 8.42 Å². The van der Waals surface area contributed by atoms with Gasteiger partial charge in [0, 0.05) is 43.1 Å². The van der Waals surface area contributed by atoms with Gasteiger partial charge in [0.15, 0.2) is 0 Å². The fraction of sp³-hybridized carbons (Fsp3) is 0.318. The minimum atomic E-state index is -3.75. The lowest BCUT2D eigenvalue weighted by molar-refractivity contribution is 0.0964. The lowest BCUT2D eigenvalue weighted by atomic mass is 9.98. The monoisotopic (exact) mass is 526 g/mol. The second-order valence-electron chi connectivity index (χ2n) is 8.13. The molecule has 35 heavy (non-hydrogen) atoms. The number of benzene rings is 2. The molecule has 0 spiro atoms. The molecule has 13 heteroatoms. The van der Waals surface area contributed by atoms with Crippen LogP contribution in [0.2, 0.25) is 0 Å². The number of ether oxygens (including phenoxy) is 1. The SMILES string of the molecule is CNC(=O)c1c(-c2ccc(F)cc2)oc2cc(N(C)S(C)(=O)=O)c3c(c12)CC(COS(C)(=O)=O)O3. The highest BCUT2D eigenvalue weighted by atomic mass is 32.2. The average Bonchev–Trinajstić information content (AvgIpc) is 3.37. The number of furan rings is 1. The maximum Gasteiger partial charge on any atom is 0.264 e. The minimum absolute atomic E-state index is 0.124. The first-order valence-electron chi connectivity index (χ1n) is 10.4. The number of nitrogens with one attached hydrogen (secondary N) is 1. The second-order valence-corrected chi connectivity index (χ2v) is 11.8. The molecule has 0 saturated heterocycles. The van der Waals surface area contributed by atoms with E-state index in [1.165, 1.54) is 44.4 Å². The van der Waals surface area contributed by atoms with E-state index in [1.54, 1.807) is 0 Å². The van der Waals surface area contributed by atoms with Crippen LogP contribution >= 0.6 is 0 Å². The molecule has 2 heterocycles. The molecule has 1 aliphatic rings. The van der Waals surface area contributed by atoms with Crippen LogP contribution in [0, 0.1) is 5.82 Å². The predicted molar refractivity (Wildman–Crippen MR) is 127 cm³/mol. The third-order valence-corrected chi connectivity index (χ3v) is 7.35. The number of amides is 1. The zero-order chi connectivity index (χ0) is 25.7. The fourth-order valence-electron chi connectivity index (χ4n) is 3.92. The molecule has 188 valence electrons. The molecule has 0 radical (unpaired) electrons. The molecule has 1 aromatic heterocycles. The first kappa shape index (κ1) is 24.9. The first-order chi connectivity index (χ1) is 16.3. The molecule has 0 fully saturated rings. The van der Waals surface area contributed by atoms with Crippen LogP contribution in [0.1, 0.15) is 15.9 Å². The maximum atomic E-state index is 13.5. The normalized spacial score (nSPS) is 15.6. The van der Waals surface area contributed by atoms with Gasteiger partial charge in [0.25, 0.3) is 16.0 Å². The Morgan fingerprint density at radius 3 is 2.43 bits per heavy atom. The van der Waals surface area contributed by atoms with E-state index in [-0.39, 0.29) is 41.4 Å². The molecule has 0 aliphatic carbocycles. The number of carbonyl (C=O) groups excluding carboxylic acids is 1. The molecule has 1 aliphatic heterocycles. The summed E-state index contributed by atoms with van der Waals surface area (Å²) >= 11 is 0. The predicted octanol–water partition coefficient (Wildman–Crippen LogP) is 2.27. The number of carbonyl (C=O) groups is 1. The van der Waals surface area contributed by atoms with E-state index in [4.69, 9.17) is 13.3 Å². The molecule has 10 nitrogen and oxygen atoms in total. The maximum absolute atomic E-state index is 13.5. The van der Waals surface area contributed by atoms with Crippen molar-refractivity contribution in [2.45, 2.75) is 12.5 Å². The van der Waals surface area contributed by atoms with Crippen molar-refractivity contribution in [2.75, 3.05) is 37.5 Å². The Morgan fingerprint density at radius 2 is 1.86 bits per heavy atom. The van der Waals surface area contributed by atoms with Crippen molar-refractivity contribution in [3.63, 3.8) is 0 Å². The summed E-state index contributed by atoms with van der Waals surface area (Å²) in [5.74, 6) is -0.613. The zero-order valence-corrected chi connectivity index (χ0v) is 20.9. The molecule has 1 unspecified atom stereocenters. The molecule has 0 saturated carbocycles. The summed E-state index contributed by atoms with van der Waals surface area (Å²) in [6.45, 7) is -0.311. The van der Waals surface area contributed by atoms with Gasteiger partial charge < -0.3 is 14.5 Å². The Labute approximate surface area is 201 Å². The summed E-state index contributed by atoms with van der Waals surface area (Å²) in [5, 5.41) is 2.95. The minimum Gasteiger partial charge on any atom is -0.485 e. The Balaban J connectivity index is 1.98. The van der Waals surface area contributed by atoms with E-state index in [0.29, 0.717) is 16.5 Å². The molecule has 1 atom stereocenters. The summed E-state index contributed by atoms with van der Waals surface area (Å²) in [5.41, 5.74) is 1.42. The number of anilines is 1. The van der Waals surface area contributed by atoms with Crippen LogP contribution in [0.4, 0.5) is 10.1 Å². The molecule has 1 N–H and O–H groups in total. The Bertz CT molecular complexity index is 1530. The van der Waals surface area contributed by atoms with E-state index in [1.807, 2.05) is 0 Å². The van der Waals surface area contributed by atoms with Crippen molar-refractivity contribution >= 4 is 42.7 Å². The number of hydrogen-bond acceptors (Lipinski definition) is 8. The van der Waals surface area contributed by atoms with Gasteiger partial charge in [-0.1, -0.05) is 0 Å². The third kappa shape index (κ3) is 4.83. The second kappa shape index (κ2) is 8.81. The van der Waals surface area contributed by atoms with Crippen LogP contribution in [0.5, 0.6) is 5.75 Å². The highest BCUT2D eigenvalue weighted by molar-refractivity contribution is 7.92. The number of nitrogens with zero attached hydrogens (tertiary/aromatic N) is 1. The van der Waals surface area contributed by atoms with Gasteiger partial charge in [-0.05, 0) is 24.3 Å². The Kier molecular flexibility index (Phi) is 6.28. The number of sulfonamides is 1. The number of hydrogen-bond donors (Lipinski definition) is 1. The standard InChI is InChI=1S/C22H23FN2O8S2/c1-24-22(26)19-18-15-9-14(11-31-35(4,29)30)32-21(15)16(25(2)34(3,27)28)10-17(18)33-20(19)12-5-7-13(23)8-6-12/h5-8,10,14H,9,11H2,1-4H3,(H,24,26). The highest BCUT2D eigenvalue weighted by Gasteiger charge is 2.36.